The molecule has 4 aromatic rings. The Balaban J connectivity index is 1.63. The number of aliphatic carboxylic acids is 1. The minimum atomic E-state index is -0.856. The summed E-state index contributed by atoms with van der Waals surface area (Å²) in [5.41, 5.74) is 2.77. The molecule has 1 aliphatic heterocycles. The van der Waals surface area contributed by atoms with Crippen molar-refractivity contribution >= 4 is 39.2 Å². The quantitative estimate of drug-likeness (QED) is 0.407. The number of carbonyl (C=O) groups is 1. The maximum absolute atomic E-state index is 12.5. The summed E-state index contributed by atoms with van der Waals surface area (Å²) >= 11 is 6.22. The fraction of sp³-hybridized carbons (Fsp3) is 0.240. The van der Waals surface area contributed by atoms with E-state index in [4.69, 9.17) is 16.3 Å². The van der Waals surface area contributed by atoms with Gasteiger partial charge in [0.1, 0.15) is 11.8 Å². The normalized spacial score (nSPS) is 17.9. The molecule has 1 saturated heterocycles. The van der Waals surface area contributed by atoms with Crippen LogP contribution in [0.5, 0.6) is 5.75 Å². The Morgan fingerprint density at radius 2 is 1.97 bits per heavy atom. The van der Waals surface area contributed by atoms with Crippen LogP contribution in [0.2, 0.25) is 5.02 Å². The van der Waals surface area contributed by atoms with Gasteiger partial charge in [-0.2, -0.15) is 0 Å². The number of methoxy groups -OCH3 is 1. The van der Waals surface area contributed by atoms with E-state index >= 15 is 0 Å². The SMILES string of the molecule is COc1ccc([C@H]2CCCN2[C@@H](C(=O)O)c2c[nH]c3ccc(Cl)cc23)c2ccccc12. The molecule has 1 aromatic heterocycles. The van der Waals surface area contributed by atoms with Gasteiger partial charge in [-0.1, -0.05) is 41.9 Å². The van der Waals surface area contributed by atoms with Crippen LogP contribution in [-0.2, 0) is 4.79 Å². The summed E-state index contributed by atoms with van der Waals surface area (Å²) in [5.74, 6) is -0.0319. The van der Waals surface area contributed by atoms with E-state index in [1.165, 1.54) is 0 Å². The molecule has 5 rings (SSSR count). The van der Waals surface area contributed by atoms with Gasteiger partial charge in [0.15, 0.2) is 0 Å². The third-order valence-electron chi connectivity index (χ3n) is 6.33. The summed E-state index contributed by atoms with van der Waals surface area (Å²) in [7, 11) is 1.67. The van der Waals surface area contributed by atoms with E-state index in [0.29, 0.717) is 5.02 Å². The maximum Gasteiger partial charge on any atom is 0.325 e. The lowest BCUT2D eigenvalue weighted by atomic mass is 9.95. The molecule has 1 aliphatic rings. The van der Waals surface area contributed by atoms with Crippen molar-refractivity contribution in [1.82, 2.24) is 9.88 Å². The van der Waals surface area contributed by atoms with Gasteiger partial charge in [0.2, 0.25) is 0 Å². The number of halogens is 1. The van der Waals surface area contributed by atoms with Crippen LogP contribution < -0.4 is 4.74 Å². The van der Waals surface area contributed by atoms with Crippen LogP contribution in [0.15, 0.2) is 60.8 Å². The second-order valence-corrected chi connectivity index (χ2v) is 8.41. The average Bonchev–Trinajstić information content (AvgIpc) is 3.41. The fourth-order valence-electron chi connectivity index (χ4n) is 4.99. The number of benzene rings is 3. The van der Waals surface area contributed by atoms with Crippen molar-refractivity contribution in [3.8, 4) is 5.75 Å². The first-order chi connectivity index (χ1) is 15.1. The molecular weight excluding hydrogens is 412 g/mol. The van der Waals surface area contributed by atoms with E-state index in [9.17, 15) is 9.90 Å². The van der Waals surface area contributed by atoms with Crippen LogP contribution in [0.25, 0.3) is 21.7 Å². The van der Waals surface area contributed by atoms with Gasteiger partial charge >= 0.3 is 5.97 Å². The zero-order chi connectivity index (χ0) is 21.5. The average molecular weight is 435 g/mol. The predicted octanol–water partition coefficient (Wildman–Crippen LogP) is 5.95. The van der Waals surface area contributed by atoms with Crippen LogP contribution in [0.1, 0.15) is 36.1 Å². The van der Waals surface area contributed by atoms with Crippen molar-refractivity contribution < 1.29 is 14.6 Å². The molecule has 2 heterocycles. The van der Waals surface area contributed by atoms with Gasteiger partial charge in [-0.05, 0) is 54.6 Å². The van der Waals surface area contributed by atoms with Gasteiger partial charge in [0.25, 0.3) is 0 Å². The first-order valence-corrected chi connectivity index (χ1v) is 10.8. The summed E-state index contributed by atoms with van der Waals surface area (Å²) in [4.78, 5) is 17.9. The molecule has 0 amide bonds. The molecule has 2 atom stereocenters. The summed E-state index contributed by atoms with van der Waals surface area (Å²) in [5, 5.41) is 13.9. The summed E-state index contributed by atoms with van der Waals surface area (Å²) in [6.07, 6.45) is 3.66. The number of ether oxygens (including phenoxy) is 1. The smallest absolute Gasteiger partial charge is 0.325 e. The number of fused-ring (bicyclic) bond motifs is 2. The van der Waals surface area contributed by atoms with E-state index in [-0.39, 0.29) is 6.04 Å². The number of nitrogens with one attached hydrogen (secondary N) is 1. The first-order valence-electron chi connectivity index (χ1n) is 10.4. The van der Waals surface area contributed by atoms with Crippen molar-refractivity contribution in [3.05, 3.63) is 76.9 Å². The number of nitrogens with zero attached hydrogens (tertiary/aromatic N) is 1. The number of carboxylic acids is 1. The molecule has 0 saturated carbocycles. The maximum atomic E-state index is 12.5. The van der Waals surface area contributed by atoms with Gasteiger partial charge < -0.3 is 14.8 Å². The Morgan fingerprint density at radius 3 is 2.74 bits per heavy atom. The summed E-state index contributed by atoms with van der Waals surface area (Å²) in [6, 6.07) is 17.0. The molecule has 0 aliphatic carbocycles. The van der Waals surface area contributed by atoms with E-state index in [0.717, 1.165) is 57.9 Å². The Labute approximate surface area is 185 Å². The largest absolute Gasteiger partial charge is 0.496 e. The monoisotopic (exact) mass is 434 g/mol. The molecule has 6 heteroatoms. The van der Waals surface area contributed by atoms with Crippen LogP contribution in [0.3, 0.4) is 0 Å². The molecule has 0 radical (unpaired) electrons. The predicted molar refractivity (Wildman–Crippen MR) is 123 cm³/mol. The third kappa shape index (κ3) is 3.34. The van der Waals surface area contributed by atoms with Crippen molar-refractivity contribution in [2.45, 2.75) is 24.9 Å². The highest BCUT2D eigenvalue weighted by Gasteiger charge is 2.38. The summed E-state index contributed by atoms with van der Waals surface area (Å²) < 4.78 is 5.55. The van der Waals surface area contributed by atoms with E-state index in [1.54, 1.807) is 13.3 Å². The van der Waals surface area contributed by atoms with E-state index in [1.807, 2.05) is 42.5 Å². The number of aromatic nitrogens is 1. The molecule has 3 aromatic carbocycles. The highest BCUT2D eigenvalue weighted by molar-refractivity contribution is 6.31. The molecule has 5 nitrogen and oxygen atoms in total. The number of H-pyrrole nitrogens is 1. The van der Waals surface area contributed by atoms with E-state index < -0.39 is 12.0 Å². The Morgan fingerprint density at radius 1 is 1.16 bits per heavy atom. The highest BCUT2D eigenvalue weighted by atomic mass is 35.5. The van der Waals surface area contributed by atoms with Crippen molar-refractivity contribution in [1.29, 1.82) is 0 Å². The van der Waals surface area contributed by atoms with Crippen LogP contribution in [0.4, 0.5) is 0 Å². The number of rotatable bonds is 5. The van der Waals surface area contributed by atoms with Crippen LogP contribution >= 0.6 is 11.6 Å². The molecule has 0 spiro atoms. The van der Waals surface area contributed by atoms with Gasteiger partial charge in [0, 0.05) is 39.1 Å². The molecule has 158 valence electrons. The zero-order valence-corrected chi connectivity index (χ0v) is 17.9. The standard InChI is InChI=1S/C25H23ClN2O3/c1-31-23-11-9-17(16-5-2-3-6-18(16)23)22-7-4-12-28(22)24(25(29)30)20-14-27-21-10-8-15(26)13-19(20)21/h2-3,5-6,8-11,13-14,22,24,27H,4,7,12H2,1H3,(H,29,30)/t22-,24-/m1/s1. The molecule has 2 N–H and O–H groups in total. The lowest BCUT2D eigenvalue weighted by Crippen LogP contribution is -2.33. The minimum absolute atomic E-state index is 0.000963. The lowest BCUT2D eigenvalue weighted by Gasteiger charge is -2.31. The number of carboxylic acid groups (broad SMARTS) is 1. The van der Waals surface area contributed by atoms with Gasteiger partial charge in [0.05, 0.1) is 7.11 Å². The molecule has 31 heavy (non-hydrogen) atoms. The number of hydrogen-bond acceptors (Lipinski definition) is 3. The lowest BCUT2D eigenvalue weighted by molar-refractivity contribution is -0.144. The summed E-state index contributed by atoms with van der Waals surface area (Å²) in [6.45, 7) is 0.717. The van der Waals surface area contributed by atoms with Crippen LogP contribution in [0, 0.1) is 0 Å². The van der Waals surface area contributed by atoms with Gasteiger partial charge in [-0.25, -0.2) is 0 Å². The molecule has 1 fully saturated rings. The third-order valence-corrected chi connectivity index (χ3v) is 6.56. The number of hydrogen-bond donors (Lipinski definition) is 2. The van der Waals surface area contributed by atoms with Gasteiger partial charge in [-0.15, -0.1) is 0 Å². The minimum Gasteiger partial charge on any atom is -0.496 e. The second-order valence-electron chi connectivity index (χ2n) is 7.97. The molecular formula is C25H23ClN2O3. The highest BCUT2D eigenvalue weighted by Crippen LogP contribution is 2.44. The Kier molecular flexibility index (Phi) is 5.08. The second kappa shape index (κ2) is 7.91. The topological polar surface area (TPSA) is 65.6 Å². The van der Waals surface area contributed by atoms with Crippen molar-refractivity contribution in [2.24, 2.45) is 0 Å². The molecule has 0 bridgehead atoms. The van der Waals surface area contributed by atoms with E-state index in [2.05, 4.69) is 22.0 Å². The van der Waals surface area contributed by atoms with Crippen molar-refractivity contribution in [3.63, 3.8) is 0 Å². The number of likely N-dealkylation sites (tertiary alicyclic amines) is 1. The fourth-order valence-corrected chi connectivity index (χ4v) is 5.16. The van der Waals surface area contributed by atoms with Gasteiger partial charge in [-0.3, -0.25) is 9.69 Å². The van der Waals surface area contributed by atoms with Crippen molar-refractivity contribution in [2.75, 3.05) is 13.7 Å². The number of aromatic amines is 1. The molecule has 0 unspecified atom stereocenters. The Bertz CT molecular complexity index is 1280. The zero-order valence-electron chi connectivity index (χ0n) is 17.1. The van der Waals surface area contributed by atoms with Crippen LogP contribution in [-0.4, -0.2) is 34.6 Å². The Hall–Kier alpha value is -3.02. The first kappa shape index (κ1) is 19.9.